The maximum absolute atomic E-state index is 12.2. The maximum atomic E-state index is 12.2. The smallest absolute Gasteiger partial charge is 0.311 e. The molecule has 1 fully saturated rings. The molecule has 0 aromatic heterocycles. The van der Waals surface area contributed by atoms with Crippen molar-refractivity contribution in [3.8, 4) is 0 Å². The first kappa shape index (κ1) is 14.6. The normalized spacial score (nSPS) is 16.8. The average Bonchev–Trinajstić information content (AvgIpc) is 2.46. The number of amides is 1. The van der Waals surface area contributed by atoms with Crippen molar-refractivity contribution in [1.29, 1.82) is 0 Å². The topological polar surface area (TPSA) is 57.6 Å². The Kier molecular flexibility index (Phi) is 4.77. The SMILES string of the molecule is Cc1ccc(C(CC(=O)N2CCCCC2)C(=O)O)cc1. The summed E-state index contributed by atoms with van der Waals surface area (Å²) in [5.41, 5.74) is 1.79. The molecule has 2 rings (SSSR count). The average molecular weight is 275 g/mol. The summed E-state index contributed by atoms with van der Waals surface area (Å²) in [6.45, 7) is 3.48. The van der Waals surface area contributed by atoms with E-state index in [4.69, 9.17) is 0 Å². The number of carboxylic acid groups (broad SMARTS) is 1. The van der Waals surface area contributed by atoms with Crippen LogP contribution in [-0.4, -0.2) is 35.0 Å². The van der Waals surface area contributed by atoms with Crippen LogP contribution in [0.25, 0.3) is 0 Å². The molecular weight excluding hydrogens is 254 g/mol. The Morgan fingerprint density at radius 1 is 1.15 bits per heavy atom. The second kappa shape index (κ2) is 6.55. The van der Waals surface area contributed by atoms with Crippen LogP contribution in [0.5, 0.6) is 0 Å². The van der Waals surface area contributed by atoms with Gasteiger partial charge in [0, 0.05) is 19.5 Å². The third-order valence-electron chi connectivity index (χ3n) is 3.87. The first-order valence-electron chi connectivity index (χ1n) is 7.15. The number of likely N-dealkylation sites (tertiary alicyclic amines) is 1. The molecule has 20 heavy (non-hydrogen) atoms. The quantitative estimate of drug-likeness (QED) is 0.918. The van der Waals surface area contributed by atoms with E-state index in [1.54, 1.807) is 17.0 Å². The third kappa shape index (κ3) is 3.59. The van der Waals surface area contributed by atoms with Crippen LogP contribution in [0.1, 0.15) is 42.7 Å². The van der Waals surface area contributed by atoms with E-state index in [9.17, 15) is 14.7 Å². The van der Waals surface area contributed by atoms with E-state index in [1.807, 2.05) is 19.1 Å². The Labute approximate surface area is 119 Å². The molecular formula is C16H21NO3. The van der Waals surface area contributed by atoms with Crippen LogP contribution in [-0.2, 0) is 9.59 Å². The Hall–Kier alpha value is -1.84. The Morgan fingerprint density at radius 3 is 2.30 bits per heavy atom. The maximum Gasteiger partial charge on any atom is 0.311 e. The van der Waals surface area contributed by atoms with Gasteiger partial charge in [-0.15, -0.1) is 0 Å². The first-order valence-corrected chi connectivity index (χ1v) is 7.15. The standard InChI is InChI=1S/C16H21NO3/c1-12-5-7-13(8-6-12)14(16(19)20)11-15(18)17-9-3-2-4-10-17/h5-8,14H,2-4,9-11H2,1H3,(H,19,20). The zero-order valence-electron chi connectivity index (χ0n) is 11.8. The van der Waals surface area contributed by atoms with Gasteiger partial charge in [-0.05, 0) is 31.7 Å². The van der Waals surface area contributed by atoms with Crippen LogP contribution in [0.4, 0.5) is 0 Å². The zero-order chi connectivity index (χ0) is 14.5. The molecule has 1 aromatic rings. The number of hydrogen-bond donors (Lipinski definition) is 1. The number of rotatable bonds is 4. The summed E-state index contributed by atoms with van der Waals surface area (Å²) in [7, 11) is 0. The minimum atomic E-state index is -0.931. The summed E-state index contributed by atoms with van der Waals surface area (Å²) >= 11 is 0. The fraction of sp³-hybridized carbons (Fsp3) is 0.500. The number of carbonyl (C=O) groups excluding carboxylic acids is 1. The van der Waals surface area contributed by atoms with Gasteiger partial charge in [-0.1, -0.05) is 29.8 Å². The van der Waals surface area contributed by atoms with Gasteiger partial charge in [0.2, 0.25) is 5.91 Å². The number of hydrogen-bond acceptors (Lipinski definition) is 2. The molecule has 108 valence electrons. The van der Waals surface area contributed by atoms with Crippen LogP contribution in [0, 0.1) is 6.92 Å². The van der Waals surface area contributed by atoms with Gasteiger partial charge < -0.3 is 10.0 Å². The lowest BCUT2D eigenvalue weighted by molar-refractivity contribution is -0.143. The fourth-order valence-electron chi connectivity index (χ4n) is 2.59. The summed E-state index contributed by atoms with van der Waals surface area (Å²) in [4.78, 5) is 25.4. The van der Waals surface area contributed by atoms with Crippen LogP contribution in [0.2, 0.25) is 0 Å². The molecule has 1 heterocycles. The van der Waals surface area contributed by atoms with Crippen LogP contribution < -0.4 is 0 Å². The fourth-order valence-corrected chi connectivity index (χ4v) is 2.59. The largest absolute Gasteiger partial charge is 0.481 e. The number of carboxylic acids is 1. The van der Waals surface area contributed by atoms with E-state index >= 15 is 0 Å². The predicted molar refractivity (Wildman–Crippen MR) is 76.6 cm³/mol. The lowest BCUT2D eigenvalue weighted by Gasteiger charge is -2.27. The van der Waals surface area contributed by atoms with E-state index in [0.29, 0.717) is 5.56 Å². The molecule has 0 aliphatic carbocycles. The third-order valence-corrected chi connectivity index (χ3v) is 3.87. The molecule has 1 atom stereocenters. The molecule has 1 amide bonds. The van der Waals surface area contributed by atoms with Gasteiger partial charge in [-0.2, -0.15) is 0 Å². The lowest BCUT2D eigenvalue weighted by Crippen LogP contribution is -2.37. The molecule has 1 N–H and O–H groups in total. The van der Waals surface area contributed by atoms with Gasteiger partial charge >= 0.3 is 5.97 Å². The molecule has 4 nitrogen and oxygen atoms in total. The summed E-state index contributed by atoms with van der Waals surface area (Å²) in [6.07, 6.45) is 3.25. The molecule has 0 saturated carbocycles. The van der Waals surface area contributed by atoms with Crippen molar-refractivity contribution in [2.75, 3.05) is 13.1 Å². The van der Waals surface area contributed by atoms with Crippen molar-refractivity contribution in [3.05, 3.63) is 35.4 Å². The van der Waals surface area contributed by atoms with Crippen molar-refractivity contribution in [3.63, 3.8) is 0 Å². The summed E-state index contributed by atoms with van der Waals surface area (Å²) < 4.78 is 0. The monoisotopic (exact) mass is 275 g/mol. The Balaban J connectivity index is 2.07. The van der Waals surface area contributed by atoms with E-state index in [-0.39, 0.29) is 12.3 Å². The first-order chi connectivity index (χ1) is 9.58. The molecule has 4 heteroatoms. The van der Waals surface area contributed by atoms with Crippen molar-refractivity contribution in [2.24, 2.45) is 0 Å². The second-order valence-electron chi connectivity index (χ2n) is 5.45. The van der Waals surface area contributed by atoms with Crippen molar-refractivity contribution in [2.45, 2.75) is 38.5 Å². The number of carbonyl (C=O) groups is 2. The Morgan fingerprint density at radius 2 is 1.75 bits per heavy atom. The number of piperidine rings is 1. The van der Waals surface area contributed by atoms with Gasteiger partial charge in [0.1, 0.15) is 0 Å². The molecule has 0 radical (unpaired) electrons. The molecule has 1 aliphatic rings. The van der Waals surface area contributed by atoms with Crippen LogP contribution in [0.3, 0.4) is 0 Å². The van der Waals surface area contributed by atoms with Gasteiger partial charge in [0.25, 0.3) is 0 Å². The van der Waals surface area contributed by atoms with E-state index < -0.39 is 11.9 Å². The second-order valence-corrected chi connectivity index (χ2v) is 5.45. The summed E-state index contributed by atoms with van der Waals surface area (Å²) in [5, 5.41) is 9.37. The van der Waals surface area contributed by atoms with Gasteiger partial charge in [0.15, 0.2) is 0 Å². The van der Waals surface area contributed by atoms with Crippen molar-refractivity contribution in [1.82, 2.24) is 4.90 Å². The number of aliphatic carboxylic acids is 1. The summed E-state index contributed by atoms with van der Waals surface area (Å²) in [5.74, 6) is -1.72. The minimum Gasteiger partial charge on any atom is -0.481 e. The molecule has 0 spiro atoms. The lowest BCUT2D eigenvalue weighted by atomic mass is 9.94. The molecule has 1 unspecified atom stereocenters. The van der Waals surface area contributed by atoms with E-state index in [0.717, 1.165) is 37.9 Å². The van der Waals surface area contributed by atoms with Crippen LogP contribution >= 0.6 is 0 Å². The number of nitrogens with zero attached hydrogens (tertiary/aromatic N) is 1. The molecule has 1 aromatic carbocycles. The number of benzene rings is 1. The highest BCUT2D eigenvalue weighted by molar-refractivity contribution is 5.85. The van der Waals surface area contributed by atoms with Gasteiger partial charge in [-0.3, -0.25) is 9.59 Å². The highest BCUT2D eigenvalue weighted by Crippen LogP contribution is 2.22. The highest BCUT2D eigenvalue weighted by Gasteiger charge is 2.26. The van der Waals surface area contributed by atoms with Gasteiger partial charge in [-0.25, -0.2) is 0 Å². The zero-order valence-corrected chi connectivity index (χ0v) is 11.8. The van der Waals surface area contributed by atoms with Gasteiger partial charge in [0.05, 0.1) is 5.92 Å². The molecule has 1 aliphatic heterocycles. The minimum absolute atomic E-state index is 0.0438. The molecule has 0 bridgehead atoms. The van der Waals surface area contributed by atoms with E-state index in [2.05, 4.69) is 0 Å². The number of aryl methyl sites for hydroxylation is 1. The Bertz CT molecular complexity index is 475. The van der Waals surface area contributed by atoms with Crippen molar-refractivity contribution < 1.29 is 14.7 Å². The van der Waals surface area contributed by atoms with Crippen LogP contribution in [0.15, 0.2) is 24.3 Å². The predicted octanol–water partition coefficient (Wildman–Crippen LogP) is 2.57. The van der Waals surface area contributed by atoms with E-state index in [1.165, 1.54) is 0 Å². The molecule has 1 saturated heterocycles. The van der Waals surface area contributed by atoms with Crippen molar-refractivity contribution >= 4 is 11.9 Å². The summed E-state index contributed by atoms with van der Waals surface area (Å²) in [6, 6.07) is 7.38. The highest BCUT2D eigenvalue weighted by atomic mass is 16.4.